The van der Waals surface area contributed by atoms with Gasteiger partial charge in [-0.15, -0.1) is 0 Å². The van der Waals surface area contributed by atoms with E-state index >= 15 is 0 Å². The van der Waals surface area contributed by atoms with Gasteiger partial charge in [0.1, 0.15) is 0 Å². The molecule has 2 aromatic carbocycles. The van der Waals surface area contributed by atoms with E-state index in [-0.39, 0.29) is 17.8 Å². The average Bonchev–Trinajstić information content (AvgIpc) is 3.10. The van der Waals surface area contributed by atoms with Crippen molar-refractivity contribution in [3.63, 3.8) is 0 Å². The van der Waals surface area contributed by atoms with E-state index < -0.39 is 0 Å². The highest BCUT2D eigenvalue weighted by Gasteiger charge is 2.21. The fraction of sp³-hybridized carbons (Fsp3) is 0.250. The molecule has 5 heteroatoms. The maximum Gasteiger partial charge on any atom is 0.287 e. The van der Waals surface area contributed by atoms with Gasteiger partial charge in [-0.25, -0.2) is 0 Å². The second-order valence-corrected chi connectivity index (χ2v) is 6.11. The minimum Gasteiger partial charge on any atom is -0.493 e. The lowest BCUT2D eigenvalue weighted by Gasteiger charge is -2.25. The summed E-state index contributed by atoms with van der Waals surface area (Å²) < 4.78 is 16.8. The lowest BCUT2D eigenvalue weighted by atomic mass is 9.99. The first kappa shape index (κ1) is 15.7. The highest BCUT2D eigenvalue weighted by Crippen LogP contribution is 2.28. The van der Waals surface area contributed by atoms with Gasteiger partial charge in [0.25, 0.3) is 5.91 Å². The van der Waals surface area contributed by atoms with Crippen LogP contribution in [-0.2, 0) is 17.8 Å². The molecule has 1 amide bonds. The topological polar surface area (TPSA) is 60.7 Å². The second-order valence-electron chi connectivity index (χ2n) is 6.11. The molecule has 2 heterocycles. The Labute approximate surface area is 145 Å². The van der Waals surface area contributed by atoms with Crippen molar-refractivity contribution in [1.29, 1.82) is 0 Å². The summed E-state index contributed by atoms with van der Waals surface area (Å²) in [5.74, 6) is 0.639. The van der Waals surface area contributed by atoms with Crippen LogP contribution in [0, 0.1) is 0 Å². The first-order valence-corrected chi connectivity index (χ1v) is 8.27. The number of nitrogens with one attached hydrogen (secondary N) is 1. The molecule has 128 valence electrons. The van der Waals surface area contributed by atoms with Gasteiger partial charge in [-0.2, -0.15) is 0 Å². The second kappa shape index (κ2) is 6.61. The van der Waals surface area contributed by atoms with Crippen LogP contribution in [0.25, 0.3) is 11.0 Å². The van der Waals surface area contributed by atoms with Crippen molar-refractivity contribution in [1.82, 2.24) is 5.32 Å². The van der Waals surface area contributed by atoms with Crippen LogP contribution in [0.5, 0.6) is 5.75 Å². The molecule has 1 unspecified atom stereocenters. The third-order valence-corrected chi connectivity index (χ3v) is 4.48. The summed E-state index contributed by atoms with van der Waals surface area (Å²) in [5, 5.41) is 3.74. The Morgan fingerprint density at radius 2 is 2.04 bits per heavy atom. The number of hydrogen-bond acceptors (Lipinski definition) is 4. The Bertz CT molecular complexity index is 915. The summed E-state index contributed by atoms with van der Waals surface area (Å²) in [6, 6.07) is 15.5. The lowest BCUT2D eigenvalue weighted by Crippen LogP contribution is -2.36. The number of benzene rings is 2. The number of fused-ring (bicyclic) bond motifs is 2. The summed E-state index contributed by atoms with van der Waals surface area (Å²) in [7, 11) is 1.58. The number of furan rings is 1. The molecular weight excluding hydrogens is 318 g/mol. The minimum absolute atomic E-state index is 0.0298. The van der Waals surface area contributed by atoms with Gasteiger partial charge in [-0.05, 0) is 23.3 Å². The lowest BCUT2D eigenvalue weighted by molar-refractivity contribution is 0.0282. The van der Waals surface area contributed by atoms with Crippen molar-refractivity contribution in [2.24, 2.45) is 0 Å². The molecule has 1 atom stereocenters. The van der Waals surface area contributed by atoms with Gasteiger partial charge in [0.05, 0.1) is 19.8 Å². The highest BCUT2D eigenvalue weighted by molar-refractivity contribution is 5.97. The third-order valence-electron chi connectivity index (χ3n) is 4.48. The number of carbonyl (C=O) groups excluding carboxylic acids is 1. The maximum atomic E-state index is 12.4. The molecule has 0 bridgehead atoms. The van der Waals surface area contributed by atoms with Gasteiger partial charge in [-0.1, -0.05) is 36.4 Å². The number of ether oxygens (including phenoxy) is 2. The Morgan fingerprint density at radius 3 is 2.88 bits per heavy atom. The number of rotatable bonds is 4. The summed E-state index contributed by atoms with van der Waals surface area (Å²) in [5.41, 5.74) is 3.08. The molecule has 0 spiro atoms. The zero-order valence-electron chi connectivity index (χ0n) is 14.0. The first-order valence-electron chi connectivity index (χ1n) is 8.27. The molecule has 25 heavy (non-hydrogen) atoms. The van der Waals surface area contributed by atoms with Crippen LogP contribution < -0.4 is 10.1 Å². The SMILES string of the molecule is COc1cccc2cc(C(=O)NCC3Cc4ccccc4CO3)oc12. The van der Waals surface area contributed by atoms with Gasteiger partial charge in [0.2, 0.25) is 0 Å². The summed E-state index contributed by atoms with van der Waals surface area (Å²) in [6.45, 7) is 1.03. The van der Waals surface area contributed by atoms with Crippen molar-refractivity contribution < 1.29 is 18.7 Å². The van der Waals surface area contributed by atoms with E-state index in [2.05, 4.69) is 17.4 Å². The smallest absolute Gasteiger partial charge is 0.287 e. The summed E-state index contributed by atoms with van der Waals surface area (Å²) >= 11 is 0. The van der Waals surface area contributed by atoms with Gasteiger partial charge >= 0.3 is 0 Å². The van der Waals surface area contributed by atoms with E-state index in [1.54, 1.807) is 19.2 Å². The maximum absolute atomic E-state index is 12.4. The molecule has 1 aliphatic rings. The van der Waals surface area contributed by atoms with Crippen LogP contribution in [-0.4, -0.2) is 25.7 Å². The minimum atomic E-state index is -0.249. The van der Waals surface area contributed by atoms with Crippen molar-refractivity contribution >= 4 is 16.9 Å². The largest absolute Gasteiger partial charge is 0.493 e. The number of para-hydroxylation sites is 1. The zero-order valence-corrected chi connectivity index (χ0v) is 14.0. The molecule has 1 N–H and O–H groups in total. The van der Waals surface area contributed by atoms with Crippen molar-refractivity contribution in [3.05, 3.63) is 65.4 Å². The molecule has 0 saturated carbocycles. The summed E-state index contributed by atoms with van der Waals surface area (Å²) in [4.78, 5) is 12.4. The highest BCUT2D eigenvalue weighted by atomic mass is 16.5. The van der Waals surface area contributed by atoms with Gasteiger partial charge in [0, 0.05) is 18.4 Å². The number of methoxy groups -OCH3 is 1. The summed E-state index contributed by atoms with van der Waals surface area (Å²) in [6.07, 6.45) is 0.766. The monoisotopic (exact) mass is 337 g/mol. The number of amides is 1. The average molecular weight is 337 g/mol. The van der Waals surface area contributed by atoms with Crippen LogP contribution in [0.2, 0.25) is 0 Å². The van der Waals surface area contributed by atoms with Crippen LogP contribution >= 0.6 is 0 Å². The van der Waals surface area contributed by atoms with E-state index in [4.69, 9.17) is 13.9 Å². The van der Waals surface area contributed by atoms with Gasteiger partial charge in [0.15, 0.2) is 17.1 Å². The molecule has 0 fully saturated rings. The van der Waals surface area contributed by atoms with E-state index in [1.807, 2.05) is 24.3 Å². The van der Waals surface area contributed by atoms with E-state index in [1.165, 1.54) is 11.1 Å². The molecular formula is C20H19NO4. The zero-order chi connectivity index (χ0) is 17.2. The first-order chi connectivity index (χ1) is 12.2. The molecule has 0 radical (unpaired) electrons. The van der Waals surface area contributed by atoms with Crippen LogP contribution in [0.1, 0.15) is 21.7 Å². The Kier molecular flexibility index (Phi) is 4.15. The van der Waals surface area contributed by atoms with Crippen molar-refractivity contribution in [2.45, 2.75) is 19.1 Å². The Morgan fingerprint density at radius 1 is 1.20 bits per heavy atom. The molecule has 1 aromatic heterocycles. The fourth-order valence-corrected chi connectivity index (χ4v) is 3.14. The van der Waals surface area contributed by atoms with Crippen LogP contribution in [0.15, 0.2) is 52.9 Å². The van der Waals surface area contributed by atoms with Crippen molar-refractivity contribution in [3.8, 4) is 5.75 Å². The number of hydrogen-bond donors (Lipinski definition) is 1. The van der Waals surface area contributed by atoms with Crippen LogP contribution in [0.3, 0.4) is 0 Å². The van der Waals surface area contributed by atoms with Gasteiger partial charge in [-0.3, -0.25) is 4.79 Å². The standard InChI is InChI=1S/C20H19NO4/c1-23-17-8-4-7-14-10-18(25-19(14)17)20(22)21-11-16-9-13-5-2-3-6-15(13)12-24-16/h2-8,10,16H,9,11-12H2,1H3,(H,21,22). The fourth-order valence-electron chi connectivity index (χ4n) is 3.14. The molecule has 4 rings (SSSR count). The molecule has 0 saturated heterocycles. The van der Waals surface area contributed by atoms with Crippen molar-refractivity contribution in [2.75, 3.05) is 13.7 Å². The van der Waals surface area contributed by atoms with Gasteiger partial charge < -0.3 is 19.2 Å². The van der Waals surface area contributed by atoms with E-state index in [9.17, 15) is 4.79 Å². The van der Waals surface area contributed by atoms with Crippen LogP contribution in [0.4, 0.5) is 0 Å². The predicted molar refractivity (Wildman–Crippen MR) is 93.8 cm³/mol. The van der Waals surface area contributed by atoms with E-state index in [0.29, 0.717) is 24.5 Å². The quantitative estimate of drug-likeness (QED) is 0.793. The molecule has 1 aliphatic heterocycles. The Balaban J connectivity index is 1.43. The molecule has 0 aliphatic carbocycles. The Hall–Kier alpha value is -2.79. The molecule has 5 nitrogen and oxygen atoms in total. The normalized spacial score (nSPS) is 16.4. The number of carbonyl (C=O) groups is 1. The predicted octanol–water partition coefficient (Wildman–Crippen LogP) is 3.31. The third kappa shape index (κ3) is 3.10. The van der Waals surface area contributed by atoms with E-state index in [0.717, 1.165) is 11.8 Å². The molecule has 3 aromatic rings.